The van der Waals surface area contributed by atoms with Crippen molar-refractivity contribution in [3.8, 4) is 6.07 Å². The van der Waals surface area contributed by atoms with E-state index in [0.29, 0.717) is 12.0 Å². The summed E-state index contributed by atoms with van der Waals surface area (Å²) in [4.78, 5) is 11.8. The van der Waals surface area contributed by atoms with Gasteiger partial charge >= 0.3 is 0 Å². The van der Waals surface area contributed by atoms with Gasteiger partial charge in [0.15, 0.2) is 5.78 Å². The Labute approximate surface area is 102 Å². The smallest absolute Gasteiger partial charge is 0.158 e. The second kappa shape index (κ2) is 5.45. The number of ketones is 1. The fraction of sp³-hybridized carbons (Fsp3) is 0.333. The Kier molecular flexibility index (Phi) is 3.72. The monoisotopic (exact) mass is 225 g/mol. The SMILES string of the molecule is N#Cc1ccc(/C=C2/CCCCCC2=O)cc1. The van der Waals surface area contributed by atoms with E-state index in [2.05, 4.69) is 6.07 Å². The number of hydrogen-bond donors (Lipinski definition) is 0. The highest BCUT2D eigenvalue weighted by Crippen LogP contribution is 2.21. The summed E-state index contributed by atoms with van der Waals surface area (Å²) in [6.45, 7) is 0. The van der Waals surface area contributed by atoms with Crippen molar-refractivity contribution in [1.82, 2.24) is 0 Å². The predicted octanol–water partition coefficient (Wildman–Crippen LogP) is 3.47. The Hall–Kier alpha value is -1.88. The summed E-state index contributed by atoms with van der Waals surface area (Å²) < 4.78 is 0. The van der Waals surface area contributed by atoms with Crippen molar-refractivity contribution < 1.29 is 4.79 Å². The molecule has 0 radical (unpaired) electrons. The maximum absolute atomic E-state index is 11.8. The van der Waals surface area contributed by atoms with Crippen LogP contribution < -0.4 is 0 Å². The number of carbonyl (C=O) groups is 1. The average molecular weight is 225 g/mol. The third-order valence-corrected chi connectivity index (χ3v) is 3.09. The molecule has 0 N–H and O–H groups in total. The molecule has 2 heteroatoms. The Morgan fingerprint density at radius 3 is 2.47 bits per heavy atom. The molecule has 0 heterocycles. The maximum Gasteiger partial charge on any atom is 0.158 e. The normalized spacial score (nSPS) is 18.8. The van der Waals surface area contributed by atoms with Crippen LogP contribution in [0.4, 0.5) is 0 Å². The van der Waals surface area contributed by atoms with Crippen molar-refractivity contribution >= 4 is 11.9 Å². The van der Waals surface area contributed by atoms with Gasteiger partial charge in [-0.25, -0.2) is 0 Å². The number of nitrogens with zero attached hydrogens (tertiary/aromatic N) is 1. The average Bonchev–Trinajstić information content (AvgIpc) is 2.56. The number of rotatable bonds is 1. The van der Waals surface area contributed by atoms with Gasteiger partial charge in [0.05, 0.1) is 11.6 Å². The van der Waals surface area contributed by atoms with E-state index in [9.17, 15) is 4.79 Å². The van der Waals surface area contributed by atoms with Crippen LogP contribution in [0.25, 0.3) is 6.08 Å². The van der Waals surface area contributed by atoms with Gasteiger partial charge in [-0.3, -0.25) is 4.79 Å². The van der Waals surface area contributed by atoms with Gasteiger partial charge in [0.25, 0.3) is 0 Å². The number of nitriles is 1. The fourth-order valence-corrected chi connectivity index (χ4v) is 2.09. The topological polar surface area (TPSA) is 40.9 Å². The van der Waals surface area contributed by atoms with Crippen molar-refractivity contribution in [2.45, 2.75) is 32.1 Å². The third-order valence-electron chi connectivity index (χ3n) is 3.09. The second-order valence-electron chi connectivity index (χ2n) is 4.39. The van der Waals surface area contributed by atoms with Gasteiger partial charge in [0.1, 0.15) is 0 Å². The zero-order valence-electron chi connectivity index (χ0n) is 9.78. The van der Waals surface area contributed by atoms with Crippen molar-refractivity contribution in [3.63, 3.8) is 0 Å². The van der Waals surface area contributed by atoms with Crippen LogP contribution in [0.15, 0.2) is 29.8 Å². The first-order valence-electron chi connectivity index (χ1n) is 6.03. The fourth-order valence-electron chi connectivity index (χ4n) is 2.09. The predicted molar refractivity (Wildman–Crippen MR) is 67.2 cm³/mol. The first-order chi connectivity index (χ1) is 8.29. The van der Waals surface area contributed by atoms with Crippen LogP contribution in [0.1, 0.15) is 43.2 Å². The van der Waals surface area contributed by atoms with E-state index in [1.165, 1.54) is 0 Å². The van der Waals surface area contributed by atoms with Gasteiger partial charge in [0, 0.05) is 6.42 Å². The van der Waals surface area contributed by atoms with Crippen molar-refractivity contribution in [3.05, 3.63) is 41.0 Å². The first-order valence-corrected chi connectivity index (χ1v) is 6.03. The molecule has 1 aromatic carbocycles. The summed E-state index contributed by atoms with van der Waals surface area (Å²) in [5.74, 6) is 0.284. The lowest BCUT2D eigenvalue weighted by Gasteiger charge is -2.01. The van der Waals surface area contributed by atoms with Crippen molar-refractivity contribution in [1.29, 1.82) is 5.26 Å². The van der Waals surface area contributed by atoms with E-state index in [0.717, 1.165) is 36.8 Å². The number of allylic oxidation sites excluding steroid dienone is 1. The molecule has 0 bridgehead atoms. The summed E-state index contributed by atoms with van der Waals surface area (Å²) >= 11 is 0. The molecule has 0 saturated heterocycles. The Morgan fingerprint density at radius 1 is 1.06 bits per heavy atom. The molecule has 1 aromatic rings. The van der Waals surface area contributed by atoms with Gasteiger partial charge in [0.2, 0.25) is 0 Å². The summed E-state index contributed by atoms with van der Waals surface area (Å²) in [6, 6.07) is 9.44. The summed E-state index contributed by atoms with van der Waals surface area (Å²) in [5.41, 5.74) is 2.60. The molecular formula is C15H15NO. The molecule has 17 heavy (non-hydrogen) atoms. The summed E-state index contributed by atoms with van der Waals surface area (Å²) in [6.07, 6.45) is 6.81. The molecule has 1 aliphatic carbocycles. The van der Waals surface area contributed by atoms with Crippen LogP contribution in [-0.2, 0) is 4.79 Å². The number of benzene rings is 1. The Morgan fingerprint density at radius 2 is 1.76 bits per heavy atom. The van der Waals surface area contributed by atoms with Gasteiger partial charge in [-0.05, 0) is 48.6 Å². The minimum atomic E-state index is 0.284. The number of carbonyl (C=O) groups excluding carboxylic acids is 1. The van der Waals surface area contributed by atoms with E-state index in [1.54, 1.807) is 12.1 Å². The molecule has 2 rings (SSSR count). The molecule has 2 nitrogen and oxygen atoms in total. The molecule has 0 spiro atoms. The third kappa shape index (κ3) is 3.04. The van der Waals surface area contributed by atoms with E-state index in [-0.39, 0.29) is 5.78 Å². The zero-order chi connectivity index (χ0) is 12.1. The van der Waals surface area contributed by atoms with Crippen LogP contribution in [0.2, 0.25) is 0 Å². The largest absolute Gasteiger partial charge is 0.295 e. The maximum atomic E-state index is 11.8. The lowest BCUT2D eigenvalue weighted by Crippen LogP contribution is -1.99. The highest BCUT2D eigenvalue weighted by atomic mass is 16.1. The van der Waals surface area contributed by atoms with Crippen LogP contribution in [-0.4, -0.2) is 5.78 Å². The lowest BCUT2D eigenvalue weighted by molar-refractivity contribution is -0.115. The zero-order valence-corrected chi connectivity index (χ0v) is 9.78. The quantitative estimate of drug-likeness (QED) is 0.542. The molecular weight excluding hydrogens is 210 g/mol. The van der Waals surface area contributed by atoms with E-state index >= 15 is 0 Å². The second-order valence-corrected chi connectivity index (χ2v) is 4.39. The number of Topliss-reactive ketones (excluding diaryl/α,β-unsaturated/α-hetero) is 1. The van der Waals surface area contributed by atoms with Gasteiger partial charge in [-0.2, -0.15) is 5.26 Å². The van der Waals surface area contributed by atoms with Gasteiger partial charge in [-0.1, -0.05) is 18.6 Å². The summed E-state index contributed by atoms with van der Waals surface area (Å²) in [5, 5.41) is 8.71. The minimum Gasteiger partial charge on any atom is -0.295 e. The lowest BCUT2D eigenvalue weighted by atomic mass is 10.0. The molecule has 0 aliphatic heterocycles. The highest BCUT2D eigenvalue weighted by molar-refractivity contribution is 5.99. The van der Waals surface area contributed by atoms with Crippen LogP contribution in [0.3, 0.4) is 0 Å². The minimum absolute atomic E-state index is 0.284. The van der Waals surface area contributed by atoms with E-state index < -0.39 is 0 Å². The summed E-state index contributed by atoms with van der Waals surface area (Å²) in [7, 11) is 0. The van der Waals surface area contributed by atoms with Crippen molar-refractivity contribution in [2.75, 3.05) is 0 Å². The molecule has 1 saturated carbocycles. The first kappa shape index (κ1) is 11.6. The van der Waals surface area contributed by atoms with E-state index in [1.807, 2.05) is 18.2 Å². The van der Waals surface area contributed by atoms with Crippen molar-refractivity contribution in [2.24, 2.45) is 0 Å². The molecule has 0 atom stereocenters. The van der Waals surface area contributed by atoms with Gasteiger partial charge in [-0.15, -0.1) is 0 Å². The standard InChI is InChI=1S/C15H15NO/c16-11-13-8-6-12(7-9-13)10-14-4-2-1-3-5-15(14)17/h6-10H,1-5H2/b14-10-. The van der Waals surface area contributed by atoms with Gasteiger partial charge < -0.3 is 0 Å². The number of hydrogen-bond acceptors (Lipinski definition) is 2. The molecule has 1 aliphatic rings. The van der Waals surface area contributed by atoms with E-state index in [4.69, 9.17) is 5.26 Å². The van der Waals surface area contributed by atoms with Crippen LogP contribution >= 0.6 is 0 Å². The Bertz CT molecular complexity index is 477. The molecule has 0 unspecified atom stereocenters. The molecule has 86 valence electrons. The highest BCUT2D eigenvalue weighted by Gasteiger charge is 2.12. The molecule has 0 amide bonds. The van der Waals surface area contributed by atoms with Crippen LogP contribution in [0.5, 0.6) is 0 Å². The van der Waals surface area contributed by atoms with Crippen LogP contribution in [0, 0.1) is 11.3 Å². The Balaban J connectivity index is 2.21. The molecule has 1 fully saturated rings. The molecule has 0 aromatic heterocycles.